The first-order valence-electron chi connectivity index (χ1n) is 10.6. The Hall–Kier alpha value is -4.11. The van der Waals surface area contributed by atoms with E-state index in [9.17, 15) is 24.6 Å². The highest BCUT2D eigenvalue weighted by Crippen LogP contribution is 2.40. The van der Waals surface area contributed by atoms with Crippen LogP contribution in [0.1, 0.15) is 63.5 Å². The summed E-state index contributed by atoms with van der Waals surface area (Å²) in [4.78, 5) is 45.6. The molecule has 3 N–H and O–H groups in total. The molecule has 9 nitrogen and oxygen atoms in total. The third-order valence-corrected chi connectivity index (χ3v) is 5.80. The molecule has 9 heteroatoms. The monoisotopic (exact) mass is 461 g/mol. The number of nitrogens with zero attached hydrogens (tertiary/aromatic N) is 2. The van der Waals surface area contributed by atoms with Crippen molar-refractivity contribution in [2.75, 3.05) is 0 Å². The number of carbonyl (C=O) groups excluding carboxylic acids is 2. The maximum Gasteiger partial charge on any atom is 0.337 e. The summed E-state index contributed by atoms with van der Waals surface area (Å²) in [6.07, 6.45) is 3.12. The van der Waals surface area contributed by atoms with E-state index >= 15 is 0 Å². The second-order valence-corrected chi connectivity index (χ2v) is 8.53. The summed E-state index contributed by atoms with van der Waals surface area (Å²) < 4.78 is 5.90. The average molecular weight is 461 g/mol. The SMILES string of the molecule is CC(=O)c1ccc2c(c1)C(NC(=O)c1cccc(-c3cnccn3)c1C(=O)O)C(O)C(C)(C)O2. The summed E-state index contributed by atoms with van der Waals surface area (Å²) in [6, 6.07) is 8.34. The van der Waals surface area contributed by atoms with E-state index in [1.165, 1.54) is 31.6 Å². The minimum absolute atomic E-state index is 0.101. The molecule has 0 saturated heterocycles. The Morgan fingerprint density at radius 3 is 2.53 bits per heavy atom. The lowest BCUT2D eigenvalue weighted by atomic mass is 9.85. The molecular formula is C25H23N3O6. The lowest BCUT2D eigenvalue weighted by Crippen LogP contribution is -2.53. The smallest absolute Gasteiger partial charge is 0.337 e. The van der Waals surface area contributed by atoms with Gasteiger partial charge in [0.05, 0.1) is 29.1 Å². The molecule has 1 amide bonds. The second kappa shape index (κ2) is 8.68. The number of aromatic carboxylic acids is 1. The number of Topliss-reactive ketones (excluding diaryl/α,β-unsaturated/α-hetero) is 1. The van der Waals surface area contributed by atoms with Crippen molar-refractivity contribution in [3.05, 3.63) is 77.2 Å². The lowest BCUT2D eigenvalue weighted by molar-refractivity contribution is -0.0627. The molecule has 2 atom stereocenters. The van der Waals surface area contributed by atoms with Crippen LogP contribution in [0, 0.1) is 0 Å². The molecule has 0 fully saturated rings. The fourth-order valence-corrected chi connectivity index (χ4v) is 4.02. The van der Waals surface area contributed by atoms with Gasteiger partial charge in [0, 0.05) is 29.1 Å². The van der Waals surface area contributed by atoms with Gasteiger partial charge in [-0.15, -0.1) is 0 Å². The van der Waals surface area contributed by atoms with Crippen molar-refractivity contribution in [1.82, 2.24) is 15.3 Å². The van der Waals surface area contributed by atoms with Gasteiger partial charge in [-0.2, -0.15) is 0 Å². The van der Waals surface area contributed by atoms with Crippen molar-refractivity contribution >= 4 is 17.7 Å². The number of fused-ring (bicyclic) bond motifs is 1. The zero-order valence-corrected chi connectivity index (χ0v) is 18.8. The van der Waals surface area contributed by atoms with Crippen LogP contribution in [-0.2, 0) is 0 Å². The van der Waals surface area contributed by atoms with Crippen LogP contribution >= 0.6 is 0 Å². The fourth-order valence-electron chi connectivity index (χ4n) is 4.02. The van der Waals surface area contributed by atoms with E-state index in [-0.39, 0.29) is 22.5 Å². The largest absolute Gasteiger partial charge is 0.485 e. The zero-order chi connectivity index (χ0) is 24.6. The van der Waals surface area contributed by atoms with E-state index < -0.39 is 29.6 Å². The maximum atomic E-state index is 13.4. The van der Waals surface area contributed by atoms with E-state index in [1.54, 1.807) is 44.2 Å². The van der Waals surface area contributed by atoms with Crippen molar-refractivity contribution in [2.24, 2.45) is 0 Å². The number of ketones is 1. The summed E-state index contributed by atoms with van der Waals surface area (Å²) in [5, 5.41) is 23.7. The van der Waals surface area contributed by atoms with Gasteiger partial charge < -0.3 is 20.3 Å². The molecule has 1 aliphatic rings. The Morgan fingerprint density at radius 2 is 1.88 bits per heavy atom. The van der Waals surface area contributed by atoms with Gasteiger partial charge in [0.15, 0.2) is 5.78 Å². The van der Waals surface area contributed by atoms with Gasteiger partial charge in [0.1, 0.15) is 17.5 Å². The molecule has 174 valence electrons. The summed E-state index contributed by atoms with van der Waals surface area (Å²) in [6.45, 7) is 4.77. The predicted molar refractivity (Wildman–Crippen MR) is 122 cm³/mol. The molecule has 2 aromatic carbocycles. The molecule has 0 spiro atoms. The minimum Gasteiger partial charge on any atom is -0.485 e. The van der Waals surface area contributed by atoms with Crippen molar-refractivity contribution in [3.8, 4) is 17.0 Å². The van der Waals surface area contributed by atoms with Crippen LogP contribution in [-0.4, -0.2) is 49.5 Å². The van der Waals surface area contributed by atoms with Crippen LogP contribution in [0.5, 0.6) is 5.75 Å². The van der Waals surface area contributed by atoms with Gasteiger partial charge in [-0.1, -0.05) is 12.1 Å². The van der Waals surface area contributed by atoms with Crippen LogP contribution in [0.25, 0.3) is 11.3 Å². The fraction of sp³-hybridized carbons (Fsp3) is 0.240. The van der Waals surface area contributed by atoms with Crippen molar-refractivity contribution in [1.29, 1.82) is 0 Å². The number of rotatable bonds is 5. The van der Waals surface area contributed by atoms with Gasteiger partial charge in [-0.3, -0.25) is 19.6 Å². The quantitative estimate of drug-likeness (QED) is 0.493. The van der Waals surface area contributed by atoms with Crippen LogP contribution < -0.4 is 10.1 Å². The van der Waals surface area contributed by atoms with Gasteiger partial charge in [0.25, 0.3) is 5.91 Å². The molecule has 4 rings (SSSR count). The Balaban J connectivity index is 1.78. The number of hydrogen-bond donors (Lipinski definition) is 3. The van der Waals surface area contributed by atoms with E-state index in [0.29, 0.717) is 22.6 Å². The molecule has 0 saturated carbocycles. The van der Waals surface area contributed by atoms with Crippen LogP contribution in [0.4, 0.5) is 0 Å². The number of carbonyl (C=O) groups is 3. The normalized spacial score (nSPS) is 18.4. The summed E-state index contributed by atoms with van der Waals surface area (Å²) >= 11 is 0. The Morgan fingerprint density at radius 1 is 1.12 bits per heavy atom. The number of ether oxygens (including phenoxy) is 1. The molecule has 1 aromatic heterocycles. The van der Waals surface area contributed by atoms with Crippen LogP contribution in [0.15, 0.2) is 55.0 Å². The van der Waals surface area contributed by atoms with Gasteiger partial charge in [-0.25, -0.2) is 4.79 Å². The number of aliphatic hydroxyl groups is 1. The Kier molecular flexibility index (Phi) is 5.89. The highest BCUT2D eigenvalue weighted by Gasteiger charge is 2.44. The average Bonchev–Trinajstić information content (AvgIpc) is 2.81. The maximum absolute atomic E-state index is 13.4. The Bertz CT molecular complexity index is 1290. The first kappa shape index (κ1) is 23.1. The van der Waals surface area contributed by atoms with Gasteiger partial charge in [-0.05, 0) is 45.0 Å². The number of hydrogen-bond acceptors (Lipinski definition) is 7. The van der Waals surface area contributed by atoms with E-state index in [4.69, 9.17) is 4.74 Å². The van der Waals surface area contributed by atoms with E-state index in [1.807, 2.05) is 0 Å². The molecule has 0 radical (unpaired) electrons. The molecule has 3 aromatic rings. The van der Waals surface area contributed by atoms with Crippen molar-refractivity contribution in [2.45, 2.75) is 38.5 Å². The molecule has 2 heterocycles. The number of carboxylic acid groups (broad SMARTS) is 1. The summed E-state index contributed by atoms with van der Waals surface area (Å²) in [5.74, 6) is -1.78. The first-order valence-corrected chi connectivity index (χ1v) is 10.6. The lowest BCUT2D eigenvalue weighted by Gasteiger charge is -2.42. The van der Waals surface area contributed by atoms with Gasteiger partial charge in [0.2, 0.25) is 0 Å². The van der Waals surface area contributed by atoms with Gasteiger partial charge >= 0.3 is 5.97 Å². The van der Waals surface area contributed by atoms with Crippen molar-refractivity contribution in [3.63, 3.8) is 0 Å². The number of aliphatic hydroxyl groups excluding tert-OH is 1. The highest BCUT2D eigenvalue weighted by molar-refractivity contribution is 6.08. The topological polar surface area (TPSA) is 139 Å². The summed E-state index contributed by atoms with van der Waals surface area (Å²) in [5.41, 5.74) is -0.0342. The number of nitrogens with one attached hydrogen (secondary N) is 1. The molecule has 0 bridgehead atoms. The third-order valence-electron chi connectivity index (χ3n) is 5.80. The molecule has 0 aliphatic carbocycles. The number of aromatic nitrogens is 2. The van der Waals surface area contributed by atoms with E-state index in [2.05, 4.69) is 15.3 Å². The number of amides is 1. The molecule has 34 heavy (non-hydrogen) atoms. The van der Waals surface area contributed by atoms with Crippen molar-refractivity contribution < 1.29 is 29.3 Å². The number of benzene rings is 2. The summed E-state index contributed by atoms with van der Waals surface area (Å²) in [7, 11) is 0. The first-order chi connectivity index (χ1) is 16.1. The Labute approximate surface area is 195 Å². The third kappa shape index (κ3) is 4.13. The standard InChI is InChI=1S/C25H23N3O6/c1-13(29)14-7-8-19-17(11-14)21(22(30)25(2,3)34-19)28-23(31)16-6-4-5-15(20(16)24(32)33)18-12-26-9-10-27-18/h4-12,21-22,30H,1-3H3,(H,28,31)(H,32,33). The van der Waals surface area contributed by atoms with E-state index in [0.717, 1.165) is 0 Å². The minimum atomic E-state index is -1.31. The van der Waals surface area contributed by atoms with Crippen LogP contribution in [0.3, 0.4) is 0 Å². The highest BCUT2D eigenvalue weighted by atomic mass is 16.5. The molecular weight excluding hydrogens is 438 g/mol. The second-order valence-electron chi connectivity index (χ2n) is 8.53. The zero-order valence-electron chi connectivity index (χ0n) is 18.8. The molecule has 2 unspecified atom stereocenters. The predicted octanol–water partition coefficient (Wildman–Crippen LogP) is 3.05. The number of carboxylic acids is 1. The molecule has 1 aliphatic heterocycles. The van der Waals surface area contributed by atoms with Crippen LogP contribution in [0.2, 0.25) is 0 Å².